The Labute approximate surface area is 123 Å². The molecule has 6 nitrogen and oxygen atoms in total. The van der Waals surface area contributed by atoms with Crippen LogP contribution >= 0.6 is 0 Å². The number of phenols is 1. The molecule has 0 amide bonds. The highest BCUT2D eigenvalue weighted by Crippen LogP contribution is 2.39. The van der Waals surface area contributed by atoms with E-state index in [0.717, 1.165) is 11.6 Å². The number of nitrogens with one attached hydrogen (secondary N) is 1. The SMILES string of the molecule is O=c1cc2oc(-c3ccc4oc[nH+]c4c3)c(O)cc-2c(O)c1. The fraction of sp³-hybridized carbons (Fsp3) is 0. The fourth-order valence-electron chi connectivity index (χ4n) is 2.43. The molecule has 1 aliphatic heterocycles. The molecule has 1 aromatic carbocycles. The predicted molar refractivity (Wildman–Crippen MR) is 76.7 cm³/mol. The second kappa shape index (κ2) is 4.36. The van der Waals surface area contributed by atoms with Gasteiger partial charge in [-0.05, 0) is 18.2 Å². The summed E-state index contributed by atoms with van der Waals surface area (Å²) in [6.45, 7) is 0. The van der Waals surface area contributed by atoms with Crippen LogP contribution in [0.5, 0.6) is 11.5 Å². The van der Waals surface area contributed by atoms with Crippen LogP contribution in [0.1, 0.15) is 0 Å². The minimum atomic E-state index is -0.371. The summed E-state index contributed by atoms with van der Waals surface area (Å²) in [4.78, 5) is 14.4. The molecular formula is C16H10NO5+. The van der Waals surface area contributed by atoms with Crippen molar-refractivity contribution in [3.05, 3.63) is 53.0 Å². The molecule has 6 heteroatoms. The third-order valence-electron chi connectivity index (χ3n) is 3.46. The number of oxazole rings is 1. The Hall–Kier alpha value is -3.28. The Morgan fingerprint density at radius 2 is 1.86 bits per heavy atom. The van der Waals surface area contributed by atoms with Gasteiger partial charge in [-0.2, -0.15) is 4.98 Å². The van der Waals surface area contributed by atoms with Crippen molar-refractivity contribution in [3.8, 4) is 34.1 Å². The Morgan fingerprint density at radius 3 is 2.73 bits per heavy atom. The number of aromatic hydroxyl groups is 2. The summed E-state index contributed by atoms with van der Waals surface area (Å²) >= 11 is 0. The van der Waals surface area contributed by atoms with E-state index in [1.807, 2.05) is 0 Å². The summed E-state index contributed by atoms with van der Waals surface area (Å²) < 4.78 is 10.8. The molecule has 3 N–H and O–H groups in total. The van der Waals surface area contributed by atoms with Crippen molar-refractivity contribution in [2.24, 2.45) is 0 Å². The molecule has 1 aliphatic carbocycles. The fourth-order valence-corrected chi connectivity index (χ4v) is 2.43. The van der Waals surface area contributed by atoms with Crippen LogP contribution in [0.4, 0.5) is 0 Å². The van der Waals surface area contributed by atoms with E-state index in [-0.39, 0.29) is 34.0 Å². The third-order valence-corrected chi connectivity index (χ3v) is 3.46. The lowest BCUT2D eigenvalue weighted by Gasteiger charge is -2.10. The van der Waals surface area contributed by atoms with Crippen LogP contribution in [0, 0.1) is 0 Å². The first-order valence-electron chi connectivity index (χ1n) is 6.51. The first-order valence-corrected chi connectivity index (χ1v) is 6.51. The number of fused-ring (bicyclic) bond motifs is 2. The Morgan fingerprint density at radius 1 is 1.00 bits per heavy atom. The average molecular weight is 296 g/mol. The van der Waals surface area contributed by atoms with Crippen molar-refractivity contribution in [2.75, 3.05) is 0 Å². The summed E-state index contributed by atoms with van der Waals surface area (Å²) in [5.41, 5.74) is 1.93. The molecule has 0 saturated carbocycles. The highest BCUT2D eigenvalue weighted by atomic mass is 16.4. The maximum atomic E-state index is 11.5. The first kappa shape index (κ1) is 12.5. The first-order chi connectivity index (χ1) is 10.6. The number of phenolic OH excluding ortho intramolecular Hbond substituents is 1. The summed E-state index contributed by atoms with van der Waals surface area (Å²) in [6.07, 6.45) is 1.45. The van der Waals surface area contributed by atoms with Crippen LogP contribution in [-0.4, -0.2) is 10.2 Å². The van der Waals surface area contributed by atoms with Crippen LogP contribution in [0.25, 0.3) is 33.7 Å². The minimum absolute atomic E-state index is 0.135. The lowest BCUT2D eigenvalue weighted by Crippen LogP contribution is -1.99. The van der Waals surface area contributed by atoms with E-state index in [1.54, 1.807) is 18.2 Å². The van der Waals surface area contributed by atoms with Gasteiger partial charge in [-0.3, -0.25) is 4.79 Å². The van der Waals surface area contributed by atoms with Crippen molar-refractivity contribution >= 4 is 11.1 Å². The van der Waals surface area contributed by atoms with Crippen molar-refractivity contribution in [1.82, 2.24) is 0 Å². The van der Waals surface area contributed by atoms with Gasteiger partial charge < -0.3 is 19.0 Å². The van der Waals surface area contributed by atoms with Gasteiger partial charge in [-0.1, -0.05) is 0 Å². The van der Waals surface area contributed by atoms with Crippen LogP contribution < -0.4 is 10.4 Å². The van der Waals surface area contributed by atoms with Crippen molar-refractivity contribution < 1.29 is 24.0 Å². The highest BCUT2D eigenvalue weighted by molar-refractivity contribution is 5.80. The molecule has 1 aromatic heterocycles. The van der Waals surface area contributed by atoms with E-state index in [1.165, 1.54) is 18.5 Å². The highest BCUT2D eigenvalue weighted by Gasteiger charge is 2.18. The van der Waals surface area contributed by atoms with Gasteiger partial charge in [0.2, 0.25) is 11.1 Å². The zero-order valence-electron chi connectivity index (χ0n) is 11.2. The second-order valence-electron chi connectivity index (χ2n) is 4.91. The standard InChI is InChI=1S/C16H9NO5/c18-9-4-12(19)10-6-13(20)16(22-15(10)5-9)8-1-2-14-11(3-8)17-7-21-14/h1-7,19-20H/p+1. The van der Waals surface area contributed by atoms with Gasteiger partial charge in [0, 0.05) is 23.8 Å². The normalized spacial score (nSPS) is 11.3. The van der Waals surface area contributed by atoms with Crippen LogP contribution in [0.15, 0.2) is 56.4 Å². The van der Waals surface area contributed by atoms with Gasteiger partial charge in [-0.15, -0.1) is 0 Å². The minimum Gasteiger partial charge on any atom is -0.507 e. The van der Waals surface area contributed by atoms with Gasteiger partial charge in [0.1, 0.15) is 11.5 Å². The van der Waals surface area contributed by atoms with Crippen molar-refractivity contribution in [1.29, 1.82) is 0 Å². The van der Waals surface area contributed by atoms with E-state index in [9.17, 15) is 15.0 Å². The molecule has 108 valence electrons. The Kier molecular flexibility index (Phi) is 2.47. The number of benzene rings is 2. The molecule has 2 heterocycles. The van der Waals surface area contributed by atoms with Gasteiger partial charge in [0.05, 0.1) is 5.56 Å². The number of aromatic nitrogens is 1. The molecule has 0 bridgehead atoms. The Balaban J connectivity index is 2.00. The number of rotatable bonds is 1. The van der Waals surface area contributed by atoms with E-state index >= 15 is 0 Å². The molecule has 0 unspecified atom stereocenters. The second-order valence-corrected chi connectivity index (χ2v) is 4.91. The van der Waals surface area contributed by atoms with E-state index in [4.69, 9.17) is 8.83 Å². The van der Waals surface area contributed by atoms with Crippen LogP contribution in [0.3, 0.4) is 0 Å². The smallest absolute Gasteiger partial charge is 0.333 e. The monoisotopic (exact) mass is 296 g/mol. The zero-order valence-corrected chi connectivity index (χ0v) is 11.2. The number of aromatic amines is 1. The molecule has 0 fully saturated rings. The maximum absolute atomic E-state index is 11.5. The molecule has 2 aliphatic rings. The summed E-state index contributed by atoms with van der Waals surface area (Å²) in [5, 5.41) is 19.9. The van der Waals surface area contributed by atoms with E-state index in [2.05, 4.69) is 4.98 Å². The maximum Gasteiger partial charge on any atom is 0.333 e. The Bertz CT molecular complexity index is 1030. The number of hydrogen-bond acceptors (Lipinski definition) is 5. The molecule has 4 rings (SSSR count). The number of hydrogen-bond donors (Lipinski definition) is 2. The summed E-state index contributed by atoms with van der Waals surface area (Å²) in [7, 11) is 0. The molecule has 0 radical (unpaired) electrons. The van der Waals surface area contributed by atoms with Gasteiger partial charge in [0.25, 0.3) is 0 Å². The van der Waals surface area contributed by atoms with Crippen molar-refractivity contribution in [3.63, 3.8) is 0 Å². The van der Waals surface area contributed by atoms with E-state index < -0.39 is 0 Å². The molecule has 22 heavy (non-hydrogen) atoms. The van der Waals surface area contributed by atoms with Crippen LogP contribution in [-0.2, 0) is 0 Å². The predicted octanol–water partition coefficient (Wildman–Crippen LogP) is 2.38. The van der Waals surface area contributed by atoms with Crippen LogP contribution in [0.2, 0.25) is 0 Å². The number of H-pyrrole nitrogens is 1. The lowest BCUT2D eigenvalue weighted by atomic mass is 10.1. The average Bonchev–Trinajstić information content (AvgIpc) is 2.95. The van der Waals surface area contributed by atoms with Gasteiger partial charge in [-0.25, -0.2) is 0 Å². The van der Waals surface area contributed by atoms with Gasteiger partial charge >= 0.3 is 6.39 Å². The summed E-state index contributed by atoms with van der Waals surface area (Å²) in [6, 6.07) is 8.92. The van der Waals surface area contributed by atoms with Crippen molar-refractivity contribution in [2.45, 2.75) is 0 Å². The molecule has 2 aromatic rings. The quantitative estimate of drug-likeness (QED) is 0.562. The zero-order chi connectivity index (χ0) is 15.3. The molecule has 0 spiro atoms. The molecular weight excluding hydrogens is 286 g/mol. The third kappa shape index (κ3) is 1.81. The lowest BCUT2D eigenvalue weighted by molar-refractivity contribution is -0.354. The van der Waals surface area contributed by atoms with Gasteiger partial charge in [0.15, 0.2) is 16.9 Å². The topological polar surface area (TPSA) is 98.0 Å². The summed E-state index contributed by atoms with van der Waals surface area (Å²) in [5.74, 6) is 0.0408. The largest absolute Gasteiger partial charge is 0.507 e. The molecule has 0 saturated heterocycles. The molecule has 0 atom stereocenters. The van der Waals surface area contributed by atoms with E-state index in [0.29, 0.717) is 11.1 Å².